The Hall–Kier alpha value is -7.00. The van der Waals surface area contributed by atoms with E-state index in [1.807, 2.05) is 164 Å². The van der Waals surface area contributed by atoms with Crippen molar-refractivity contribution in [3.05, 3.63) is 497 Å². The molecule has 0 bridgehead atoms. The van der Waals surface area contributed by atoms with Gasteiger partial charge in [0.25, 0.3) is 0 Å². The summed E-state index contributed by atoms with van der Waals surface area (Å²) < 4.78 is 8.09. The Morgan fingerprint density at radius 3 is 0.736 bits per heavy atom. The number of aliphatic hydroxyl groups is 2. The van der Waals surface area contributed by atoms with Crippen LogP contribution in [-0.4, -0.2) is 105 Å². The van der Waals surface area contributed by atoms with Crippen LogP contribution in [0.3, 0.4) is 0 Å². The van der Waals surface area contributed by atoms with Crippen LogP contribution >= 0.6 is 47.8 Å². The van der Waals surface area contributed by atoms with E-state index in [0.29, 0.717) is 5.56 Å². The van der Waals surface area contributed by atoms with Gasteiger partial charge in [-0.25, -0.2) is 0 Å². The molecule has 0 radical (unpaired) electrons. The third kappa shape index (κ3) is 39.5. The molecular weight excluding hydrogens is 1720 g/mol. The van der Waals surface area contributed by atoms with Gasteiger partial charge in [0.15, 0.2) is 0 Å². The Morgan fingerprint density at radius 2 is 0.482 bits per heavy atom. The smallest absolute Gasteiger partial charge is 1.00 e. The molecule has 2 N–H and O–H groups in total. The minimum atomic E-state index is -0.584. The minimum Gasteiger partial charge on any atom is -1.00 e. The number of benzene rings is 14. The summed E-state index contributed by atoms with van der Waals surface area (Å²) in [6.45, 7) is 2.00. The first-order chi connectivity index (χ1) is 51.5. The number of hydrogen-bond acceptors (Lipinski definition) is 5. The van der Waals surface area contributed by atoms with Crippen molar-refractivity contribution in [3.63, 3.8) is 0 Å². The van der Waals surface area contributed by atoms with E-state index in [1.54, 1.807) is 24.3 Å². The second kappa shape index (κ2) is 58.8. The number of aliphatic hydroxyl groups excluding tert-OH is 2. The Bertz CT molecular complexity index is 4430. The Labute approximate surface area is 749 Å². The van der Waals surface area contributed by atoms with E-state index in [2.05, 4.69) is 254 Å². The second-order valence-electron chi connectivity index (χ2n) is 24.5. The Balaban J connectivity index is 0.000000653. The molecule has 14 aromatic rings. The molecule has 2 atom stereocenters. The number of halogens is 5. The van der Waals surface area contributed by atoms with Gasteiger partial charge in [0.05, 0.1) is 0 Å². The quantitative estimate of drug-likeness (QED) is 0.0572. The molecule has 110 heavy (non-hydrogen) atoms. The van der Waals surface area contributed by atoms with Gasteiger partial charge in [0, 0.05) is 37.8 Å². The largest absolute Gasteiger partial charge is 2.00 e. The SMILES string of the molecule is Brc1ccc(Cc2ccccc2)cc1.C1CCOC1.O=Cc1ccc(Br)cc1.O=Cc1ccccc1.OC(c1ccc(Br)cc1)c1ccc(Cc2ccccc2)cc1.OC(c1ccccc1)c1ccc(Cc2ccccc2)cc1.[Br-].[Br-].[H-].[H-].[Mg+2].[Mg+2].[Mg+2].[c-]1ccc(Cc2ccccc2)cc1.[c-]1ccc(Cc2ccccc2)cc1. The molecule has 1 aliphatic rings. The van der Waals surface area contributed by atoms with Crippen molar-refractivity contribution in [2.24, 2.45) is 0 Å². The second-order valence-corrected chi connectivity index (χ2v) is 27.3. The molecule has 0 aliphatic carbocycles. The van der Waals surface area contributed by atoms with Crippen molar-refractivity contribution in [1.82, 2.24) is 0 Å². The van der Waals surface area contributed by atoms with Gasteiger partial charge in [0.2, 0.25) is 0 Å². The predicted molar refractivity (Wildman–Crippen MR) is 463 cm³/mol. The molecule has 0 spiro atoms. The first-order valence-electron chi connectivity index (χ1n) is 35.0. The van der Waals surface area contributed by atoms with Crippen molar-refractivity contribution in [3.8, 4) is 0 Å². The standard InChI is InChI=1S/C20H17BrO.C20H18O.C13H11Br.2C13H11.C7H5BrO.C7H6O.C4H8O.2BrH.3Mg.2H/c21-19-12-10-18(11-13-19)20(22)17-8-6-16(7-9-17)14-15-4-2-1-3-5-15;21-20(18-9-5-2-6-10-18)19-13-11-17(12-14-19)15-16-7-3-1-4-8-16;14-13-8-6-12(7-9-13)10-11-4-2-1-3-5-11;2*1-3-7-12(8-4-1)11-13-9-5-2-6-10-13;8-7-3-1-6(5-9)2-4-7;8-6-7-4-2-1-3-5-7;1-2-4-5-3-1;;;;;;;/h1-13,20,22H,14H2;1-14,20-21H,15H2;1-9H,10H2;2*1,3-10H,11H2;1-5H;1-6H;1-4H2;2*1H;;;;;/q;;;2*-1;;;;;;3*+2;2*-1/p-2. The van der Waals surface area contributed by atoms with Gasteiger partial charge in [-0.05, 0) is 148 Å². The van der Waals surface area contributed by atoms with Crippen LogP contribution in [0.1, 0.15) is 127 Å². The van der Waals surface area contributed by atoms with E-state index in [0.717, 1.165) is 99.1 Å². The van der Waals surface area contributed by atoms with E-state index < -0.39 is 12.2 Å². The summed E-state index contributed by atoms with van der Waals surface area (Å²) in [5, 5.41) is 20.8. The molecule has 15 rings (SSSR count). The number of hydrogen-bond donors (Lipinski definition) is 2. The molecule has 1 fully saturated rings. The van der Waals surface area contributed by atoms with Crippen LogP contribution in [0.15, 0.2) is 396 Å². The zero-order valence-electron chi connectivity index (χ0n) is 63.7. The number of rotatable bonds is 16. The van der Waals surface area contributed by atoms with Crippen molar-refractivity contribution in [2.45, 2.75) is 57.2 Å². The van der Waals surface area contributed by atoms with Gasteiger partial charge in [-0.15, -0.1) is 0 Å². The van der Waals surface area contributed by atoms with Gasteiger partial charge in [-0.2, -0.15) is 71.8 Å². The average Bonchev–Trinajstić information content (AvgIpc) is 0.919. The van der Waals surface area contributed by atoms with Gasteiger partial charge >= 0.3 is 69.2 Å². The summed E-state index contributed by atoms with van der Waals surface area (Å²) in [6, 6.07) is 133. The molecular formula is C97H89Br5Mg3O5. The van der Waals surface area contributed by atoms with Crippen molar-refractivity contribution < 1.29 is 61.4 Å². The minimum absolute atomic E-state index is 0. The molecule has 1 aliphatic heterocycles. The monoisotopic (exact) mass is 1800 g/mol. The van der Waals surface area contributed by atoms with Crippen LogP contribution in [0.2, 0.25) is 0 Å². The van der Waals surface area contributed by atoms with E-state index in [9.17, 15) is 19.8 Å². The third-order valence-corrected chi connectivity index (χ3v) is 18.0. The molecule has 13 heteroatoms. The maximum Gasteiger partial charge on any atom is 2.00 e. The zero-order valence-corrected chi connectivity index (χ0v) is 73.8. The fourth-order valence-corrected chi connectivity index (χ4v) is 11.5. The van der Waals surface area contributed by atoms with Crippen LogP contribution in [0.4, 0.5) is 0 Å². The number of carbonyl (C=O) groups is 2. The van der Waals surface area contributed by atoms with Crippen LogP contribution in [0, 0.1) is 12.1 Å². The fraction of sp³-hybridized carbons (Fsp3) is 0.113. The summed E-state index contributed by atoms with van der Waals surface area (Å²) >= 11 is 10.1. The molecule has 0 amide bonds. The summed E-state index contributed by atoms with van der Waals surface area (Å²) in [5.41, 5.74) is 18.3. The Kier molecular flexibility index (Phi) is 52.0. The molecule has 0 saturated carbocycles. The molecule has 0 aromatic heterocycles. The van der Waals surface area contributed by atoms with Crippen molar-refractivity contribution in [1.29, 1.82) is 0 Å². The van der Waals surface area contributed by atoms with E-state index in [4.69, 9.17) is 4.74 Å². The normalized spacial score (nSPS) is 10.8. The van der Waals surface area contributed by atoms with E-state index in [-0.39, 0.29) is 106 Å². The van der Waals surface area contributed by atoms with Crippen molar-refractivity contribution in [2.75, 3.05) is 13.2 Å². The third-order valence-electron chi connectivity index (χ3n) is 16.4. The number of aldehydes is 2. The first-order valence-corrected chi connectivity index (χ1v) is 37.4. The van der Waals surface area contributed by atoms with Gasteiger partial charge in [0.1, 0.15) is 24.8 Å². The number of carbonyl (C=O) groups excluding carboxylic acids is 2. The predicted octanol–water partition coefficient (Wildman–Crippen LogP) is 17.3. The van der Waals surface area contributed by atoms with Crippen LogP contribution in [0.5, 0.6) is 0 Å². The summed E-state index contributed by atoms with van der Waals surface area (Å²) in [5.74, 6) is 0. The maximum atomic E-state index is 10.4. The van der Waals surface area contributed by atoms with E-state index in [1.165, 1.54) is 68.5 Å². The van der Waals surface area contributed by atoms with Gasteiger partial charge < -0.3 is 51.8 Å². The van der Waals surface area contributed by atoms with Crippen molar-refractivity contribution >= 4 is 130 Å². The topological polar surface area (TPSA) is 83.8 Å². The zero-order chi connectivity index (χ0) is 73.6. The number of ether oxygens (including phenoxy) is 1. The van der Waals surface area contributed by atoms with Crippen LogP contribution < -0.4 is 34.0 Å². The summed E-state index contributed by atoms with van der Waals surface area (Å²) in [4.78, 5) is 20.1. The molecule has 2 unspecified atom stereocenters. The van der Waals surface area contributed by atoms with E-state index >= 15 is 0 Å². The first kappa shape index (κ1) is 97.2. The molecule has 5 nitrogen and oxygen atoms in total. The van der Waals surface area contributed by atoms with Crippen LogP contribution in [-0.2, 0) is 36.8 Å². The fourth-order valence-electron chi connectivity index (χ4n) is 10.7. The molecule has 14 aromatic carbocycles. The molecule has 1 heterocycles. The average molecular weight is 1810 g/mol. The van der Waals surface area contributed by atoms with Crippen LogP contribution in [0.25, 0.3) is 0 Å². The van der Waals surface area contributed by atoms with Gasteiger partial charge in [-0.1, -0.05) is 345 Å². The molecule has 548 valence electrons. The summed E-state index contributed by atoms with van der Waals surface area (Å²) in [6.07, 6.45) is 7.93. The maximum absolute atomic E-state index is 10.4. The Morgan fingerprint density at radius 1 is 0.282 bits per heavy atom. The summed E-state index contributed by atoms with van der Waals surface area (Å²) in [7, 11) is 0. The molecule has 1 saturated heterocycles. The van der Waals surface area contributed by atoms with Gasteiger partial charge in [-0.3, -0.25) is 9.59 Å².